The maximum absolute atomic E-state index is 12.0. The van der Waals surface area contributed by atoms with Crippen LogP contribution in [0.3, 0.4) is 0 Å². The molecule has 18 heavy (non-hydrogen) atoms. The van der Waals surface area contributed by atoms with E-state index in [0.29, 0.717) is 38.2 Å². The van der Waals surface area contributed by atoms with Crippen LogP contribution < -0.4 is 0 Å². The number of aromatic nitrogens is 1. The third-order valence-electron chi connectivity index (χ3n) is 2.86. The molecule has 0 unspecified atom stereocenters. The van der Waals surface area contributed by atoms with E-state index in [2.05, 4.69) is 4.98 Å². The summed E-state index contributed by atoms with van der Waals surface area (Å²) in [4.78, 5) is 40.6. The zero-order chi connectivity index (χ0) is 13.0. The highest BCUT2D eigenvalue weighted by Crippen LogP contribution is 2.06. The average molecular weight is 247 g/mol. The number of carbonyl (C=O) groups is 3. The lowest BCUT2D eigenvalue weighted by Crippen LogP contribution is -2.51. The number of amides is 2. The van der Waals surface area contributed by atoms with Crippen LogP contribution >= 0.6 is 0 Å². The van der Waals surface area contributed by atoms with Gasteiger partial charge in [0.15, 0.2) is 0 Å². The van der Waals surface area contributed by atoms with E-state index in [0.717, 1.165) is 0 Å². The minimum Gasteiger partial charge on any atom is -0.334 e. The maximum atomic E-state index is 12.0. The van der Waals surface area contributed by atoms with Crippen LogP contribution in [0.1, 0.15) is 10.5 Å². The first kappa shape index (κ1) is 12.2. The second kappa shape index (κ2) is 5.39. The van der Waals surface area contributed by atoms with Gasteiger partial charge < -0.3 is 9.80 Å². The summed E-state index contributed by atoms with van der Waals surface area (Å²) in [5, 5.41) is 0. The van der Waals surface area contributed by atoms with Gasteiger partial charge in [0.25, 0.3) is 11.8 Å². The van der Waals surface area contributed by atoms with E-state index in [1.165, 1.54) is 4.90 Å². The SMILES string of the molecule is O=CC(=O)N1CCN(C(=O)c2ccccn2)CC1. The molecule has 2 amide bonds. The Morgan fingerprint density at radius 3 is 2.33 bits per heavy atom. The summed E-state index contributed by atoms with van der Waals surface area (Å²) in [6.07, 6.45) is 1.87. The lowest BCUT2D eigenvalue weighted by atomic mass is 10.2. The number of hydrogen-bond acceptors (Lipinski definition) is 4. The van der Waals surface area contributed by atoms with Crippen LogP contribution in [0.2, 0.25) is 0 Å². The summed E-state index contributed by atoms with van der Waals surface area (Å²) >= 11 is 0. The molecule has 1 aliphatic heterocycles. The van der Waals surface area contributed by atoms with Crippen LogP contribution in [-0.2, 0) is 9.59 Å². The van der Waals surface area contributed by atoms with Crippen molar-refractivity contribution < 1.29 is 14.4 Å². The standard InChI is InChI=1S/C12H13N3O3/c16-9-11(17)14-5-7-15(8-6-14)12(18)10-3-1-2-4-13-10/h1-4,9H,5-8H2. The smallest absolute Gasteiger partial charge is 0.286 e. The molecule has 1 saturated heterocycles. The number of rotatable bonds is 2. The molecular formula is C12H13N3O3. The predicted molar refractivity (Wildman–Crippen MR) is 62.8 cm³/mol. The molecule has 0 radical (unpaired) electrons. The summed E-state index contributed by atoms with van der Waals surface area (Å²) in [6.45, 7) is 1.62. The van der Waals surface area contributed by atoms with Crippen molar-refractivity contribution in [1.29, 1.82) is 0 Å². The molecule has 6 nitrogen and oxygen atoms in total. The van der Waals surface area contributed by atoms with Gasteiger partial charge in [-0.2, -0.15) is 0 Å². The first-order valence-electron chi connectivity index (χ1n) is 5.67. The lowest BCUT2D eigenvalue weighted by molar-refractivity contribution is -0.139. The summed E-state index contributed by atoms with van der Waals surface area (Å²) in [5.74, 6) is -0.672. The number of piperazine rings is 1. The van der Waals surface area contributed by atoms with E-state index in [9.17, 15) is 14.4 Å². The van der Waals surface area contributed by atoms with E-state index in [4.69, 9.17) is 0 Å². The van der Waals surface area contributed by atoms with Gasteiger partial charge in [0.05, 0.1) is 0 Å². The minimum absolute atomic E-state index is 0.145. The second-order valence-electron chi connectivity index (χ2n) is 3.95. The van der Waals surface area contributed by atoms with Gasteiger partial charge in [0, 0.05) is 32.4 Å². The van der Waals surface area contributed by atoms with Gasteiger partial charge >= 0.3 is 0 Å². The van der Waals surface area contributed by atoms with E-state index >= 15 is 0 Å². The molecule has 1 aromatic heterocycles. The first-order valence-corrected chi connectivity index (χ1v) is 5.67. The molecule has 2 heterocycles. The zero-order valence-corrected chi connectivity index (χ0v) is 9.78. The number of hydrogen-bond donors (Lipinski definition) is 0. The number of nitrogens with zero attached hydrogens (tertiary/aromatic N) is 3. The Morgan fingerprint density at radius 1 is 1.11 bits per heavy atom. The van der Waals surface area contributed by atoms with Crippen molar-refractivity contribution in [2.75, 3.05) is 26.2 Å². The monoisotopic (exact) mass is 247 g/mol. The van der Waals surface area contributed by atoms with Crippen LogP contribution in [0, 0.1) is 0 Å². The molecule has 0 aromatic carbocycles. The highest BCUT2D eigenvalue weighted by molar-refractivity contribution is 6.23. The first-order chi connectivity index (χ1) is 8.72. The van der Waals surface area contributed by atoms with Crippen molar-refractivity contribution in [2.45, 2.75) is 0 Å². The van der Waals surface area contributed by atoms with Crippen LogP contribution in [-0.4, -0.2) is 59.1 Å². The van der Waals surface area contributed by atoms with E-state index in [1.807, 2.05) is 0 Å². The third kappa shape index (κ3) is 2.53. The second-order valence-corrected chi connectivity index (χ2v) is 3.95. The van der Waals surface area contributed by atoms with Crippen molar-refractivity contribution in [2.24, 2.45) is 0 Å². The molecular weight excluding hydrogens is 234 g/mol. The summed E-state index contributed by atoms with van der Waals surface area (Å²) in [7, 11) is 0. The molecule has 2 rings (SSSR count). The molecule has 6 heteroatoms. The van der Waals surface area contributed by atoms with Crippen molar-refractivity contribution in [3.8, 4) is 0 Å². The topological polar surface area (TPSA) is 70.6 Å². The summed E-state index contributed by atoms with van der Waals surface area (Å²) < 4.78 is 0. The molecule has 1 aromatic rings. The largest absolute Gasteiger partial charge is 0.334 e. The Morgan fingerprint density at radius 2 is 1.78 bits per heavy atom. The van der Waals surface area contributed by atoms with E-state index in [-0.39, 0.29) is 5.91 Å². The van der Waals surface area contributed by atoms with Gasteiger partial charge in [0.1, 0.15) is 5.69 Å². The van der Waals surface area contributed by atoms with Gasteiger partial charge in [0.2, 0.25) is 6.29 Å². The fraction of sp³-hybridized carbons (Fsp3) is 0.333. The Hall–Kier alpha value is -2.24. The normalized spacial score (nSPS) is 15.3. The van der Waals surface area contributed by atoms with E-state index in [1.54, 1.807) is 29.3 Å². The summed E-state index contributed by atoms with van der Waals surface area (Å²) in [5.41, 5.74) is 0.396. The van der Waals surface area contributed by atoms with Gasteiger partial charge in [-0.15, -0.1) is 0 Å². The zero-order valence-electron chi connectivity index (χ0n) is 9.78. The molecule has 0 saturated carbocycles. The molecule has 1 aliphatic rings. The highest BCUT2D eigenvalue weighted by atomic mass is 16.2. The number of aldehydes is 1. The van der Waals surface area contributed by atoms with Crippen molar-refractivity contribution in [1.82, 2.24) is 14.8 Å². The molecule has 0 aliphatic carbocycles. The Balaban J connectivity index is 1.96. The van der Waals surface area contributed by atoms with Crippen LogP contribution in [0.5, 0.6) is 0 Å². The lowest BCUT2D eigenvalue weighted by Gasteiger charge is -2.33. The Kier molecular flexibility index (Phi) is 3.66. The van der Waals surface area contributed by atoms with Gasteiger partial charge in [-0.3, -0.25) is 19.4 Å². The number of pyridine rings is 1. The van der Waals surface area contributed by atoms with Gasteiger partial charge in [-0.25, -0.2) is 0 Å². The predicted octanol–water partition coefficient (Wildman–Crippen LogP) is -0.435. The summed E-state index contributed by atoms with van der Waals surface area (Å²) in [6, 6.07) is 5.16. The van der Waals surface area contributed by atoms with Crippen LogP contribution in [0.15, 0.2) is 24.4 Å². The molecule has 0 N–H and O–H groups in total. The quantitative estimate of drug-likeness (QED) is 0.525. The molecule has 1 fully saturated rings. The number of carbonyl (C=O) groups excluding carboxylic acids is 3. The fourth-order valence-corrected chi connectivity index (χ4v) is 1.86. The third-order valence-corrected chi connectivity index (χ3v) is 2.86. The van der Waals surface area contributed by atoms with Crippen molar-refractivity contribution >= 4 is 18.1 Å². The van der Waals surface area contributed by atoms with E-state index < -0.39 is 5.91 Å². The Bertz CT molecular complexity index is 453. The van der Waals surface area contributed by atoms with Crippen molar-refractivity contribution in [3.63, 3.8) is 0 Å². The van der Waals surface area contributed by atoms with Crippen LogP contribution in [0.4, 0.5) is 0 Å². The Labute approximate surface area is 104 Å². The fourth-order valence-electron chi connectivity index (χ4n) is 1.86. The maximum Gasteiger partial charge on any atom is 0.286 e. The average Bonchev–Trinajstić information content (AvgIpc) is 2.47. The van der Waals surface area contributed by atoms with Crippen molar-refractivity contribution in [3.05, 3.63) is 30.1 Å². The minimum atomic E-state index is -0.528. The molecule has 94 valence electrons. The van der Waals surface area contributed by atoms with Gasteiger partial charge in [-0.1, -0.05) is 6.07 Å². The van der Waals surface area contributed by atoms with Crippen LogP contribution in [0.25, 0.3) is 0 Å². The molecule has 0 spiro atoms. The highest BCUT2D eigenvalue weighted by Gasteiger charge is 2.24. The van der Waals surface area contributed by atoms with Gasteiger partial charge in [-0.05, 0) is 12.1 Å². The molecule has 0 atom stereocenters. The molecule has 0 bridgehead atoms.